The van der Waals surface area contributed by atoms with Crippen LogP contribution in [0.4, 0.5) is 0 Å². The monoisotopic (exact) mass is 322 g/mol. The molecule has 0 saturated heterocycles. The van der Waals surface area contributed by atoms with Crippen LogP contribution < -0.4 is 5.32 Å². The smallest absolute Gasteiger partial charge is 0.225 e. The second-order valence-corrected chi connectivity index (χ2v) is 7.46. The fourth-order valence-electron chi connectivity index (χ4n) is 2.95. The third kappa shape index (κ3) is 6.00. The Balaban J connectivity index is 2.43. The molecule has 0 spiro atoms. The van der Waals surface area contributed by atoms with Crippen molar-refractivity contribution in [3.8, 4) is 0 Å². The summed E-state index contributed by atoms with van der Waals surface area (Å²) in [6, 6.07) is 0.216. The van der Waals surface area contributed by atoms with Crippen LogP contribution in [0.2, 0.25) is 0 Å². The van der Waals surface area contributed by atoms with Gasteiger partial charge < -0.3 is 10.2 Å². The van der Waals surface area contributed by atoms with Crippen LogP contribution in [0.3, 0.4) is 0 Å². The molecule has 2 atom stereocenters. The number of hydrogen-bond acceptors (Lipinski definition) is 2. The van der Waals surface area contributed by atoms with Crippen molar-refractivity contribution in [3.63, 3.8) is 0 Å². The molecular weight excluding hydrogens is 288 g/mol. The van der Waals surface area contributed by atoms with Crippen molar-refractivity contribution in [2.75, 3.05) is 13.6 Å². The zero-order valence-electron chi connectivity index (χ0n) is 15.5. The van der Waals surface area contributed by atoms with Crippen molar-refractivity contribution < 1.29 is 9.59 Å². The van der Waals surface area contributed by atoms with Crippen molar-refractivity contribution in [3.05, 3.63) is 12.2 Å². The highest BCUT2D eigenvalue weighted by Crippen LogP contribution is 2.32. The summed E-state index contributed by atoms with van der Waals surface area (Å²) < 4.78 is 0. The second-order valence-electron chi connectivity index (χ2n) is 7.46. The van der Waals surface area contributed by atoms with E-state index in [1.807, 2.05) is 7.05 Å². The molecule has 0 bridgehead atoms. The van der Waals surface area contributed by atoms with E-state index in [4.69, 9.17) is 0 Å². The van der Waals surface area contributed by atoms with Crippen LogP contribution >= 0.6 is 0 Å². The van der Waals surface area contributed by atoms with Crippen LogP contribution in [0.5, 0.6) is 0 Å². The number of hydrogen-bond donors (Lipinski definition) is 1. The van der Waals surface area contributed by atoms with Crippen LogP contribution in [0.15, 0.2) is 12.2 Å². The molecule has 0 aromatic rings. The van der Waals surface area contributed by atoms with E-state index >= 15 is 0 Å². The van der Waals surface area contributed by atoms with Gasteiger partial charge in [0.2, 0.25) is 11.8 Å². The third-order valence-corrected chi connectivity index (χ3v) is 5.27. The fraction of sp³-hybridized carbons (Fsp3) is 0.789. The third-order valence-electron chi connectivity index (χ3n) is 5.27. The molecule has 4 nitrogen and oxygen atoms in total. The Morgan fingerprint density at radius 2 is 1.83 bits per heavy atom. The maximum atomic E-state index is 12.5. The summed E-state index contributed by atoms with van der Waals surface area (Å²) >= 11 is 0. The number of nitrogens with zero attached hydrogens (tertiary/aromatic N) is 1. The Hall–Kier alpha value is -1.32. The van der Waals surface area contributed by atoms with Gasteiger partial charge in [-0.25, -0.2) is 0 Å². The van der Waals surface area contributed by atoms with Gasteiger partial charge >= 0.3 is 0 Å². The maximum Gasteiger partial charge on any atom is 0.225 e. The number of nitrogens with one attached hydrogen (secondary N) is 1. The van der Waals surface area contributed by atoms with Crippen LogP contribution in [0.1, 0.15) is 66.2 Å². The van der Waals surface area contributed by atoms with Gasteiger partial charge in [-0.3, -0.25) is 9.59 Å². The van der Waals surface area contributed by atoms with Crippen molar-refractivity contribution in [2.45, 2.75) is 72.3 Å². The van der Waals surface area contributed by atoms with Crippen molar-refractivity contribution in [1.82, 2.24) is 10.2 Å². The summed E-state index contributed by atoms with van der Waals surface area (Å²) in [6.07, 6.45) is 9.62. The minimum atomic E-state index is -0.301. The summed E-state index contributed by atoms with van der Waals surface area (Å²) in [5, 5.41) is 2.98. The highest BCUT2D eigenvalue weighted by Gasteiger charge is 2.32. The molecule has 23 heavy (non-hydrogen) atoms. The van der Waals surface area contributed by atoms with E-state index in [0.29, 0.717) is 18.9 Å². The molecule has 1 aliphatic rings. The first-order valence-corrected chi connectivity index (χ1v) is 8.97. The van der Waals surface area contributed by atoms with Gasteiger partial charge in [0.1, 0.15) is 0 Å². The molecular formula is C19H34N2O2. The van der Waals surface area contributed by atoms with Gasteiger partial charge in [0.05, 0.1) is 0 Å². The summed E-state index contributed by atoms with van der Waals surface area (Å²) in [5.41, 5.74) is -0.301. The molecule has 0 saturated carbocycles. The molecule has 1 N–H and O–H groups in total. The first-order chi connectivity index (χ1) is 10.8. The zero-order valence-corrected chi connectivity index (χ0v) is 15.5. The Labute approximate surface area is 141 Å². The number of carbonyl (C=O) groups is 2. The predicted molar refractivity (Wildman–Crippen MR) is 95.0 cm³/mol. The van der Waals surface area contributed by atoms with Crippen LogP contribution in [-0.2, 0) is 9.59 Å². The summed E-state index contributed by atoms with van der Waals surface area (Å²) in [7, 11) is 1.84. The number of amides is 2. The zero-order chi connectivity index (χ0) is 17.5. The van der Waals surface area contributed by atoms with Crippen LogP contribution in [0, 0.1) is 11.3 Å². The van der Waals surface area contributed by atoms with Gasteiger partial charge in [-0.15, -0.1) is 0 Å². The quantitative estimate of drug-likeness (QED) is 0.761. The Kier molecular flexibility index (Phi) is 7.80. The van der Waals surface area contributed by atoms with Crippen LogP contribution in [-0.4, -0.2) is 36.3 Å². The molecule has 132 valence electrons. The lowest BCUT2D eigenvalue weighted by Gasteiger charge is -2.30. The average Bonchev–Trinajstić information content (AvgIpc) is 2.49. The summed E-state index contributed by atoms with van der Waals surface area (Å²) in [6.45, 7) is 8.76. The highest BCUT2D eigenvalue weighted by atomic mass is 16.2. The largest absolute Gasteiger partial charge is 0.355 e. The van der Waals surface area contributed by atoms with Gasteiger partial charge in [-0.05, 0) is 44.9 Å². The predicted octanol–water partition coefficient (Wildman–Crippen LogP) is 3.52. The Bertz CT molecular complexity index is 431. The molecule has 4 heteroatoms. The van der Waals surface area contributed by atoms with E-state index in [1.54, 1.807) is 4.90 Å². The normalized spacial score (nSPS) is 24.4. The molecule has 1 unspecified atom stereocenters. The van der Waals surface area contributed by atoms with Crippen LogP contribution in [0.25, 0.3) is 0 Å². The van der Waals surface area contributed by atoms with Crippen molar-refractivity contribution in [1.29, 1.82) is 0 Å². The maximum absolute atomic E-state index is 12.5. The molecule has 1 aliphatic carbocycles. The van der Waals surface area contributed by atoms with E-state index in [1.165, 1.54) is 0 Å². The standard InChI is InChI=1S/C19H34N2O2/c1-15(2)16(3)21(5)17(22)11-14-20-18(23)19(4)12-9-7-6-8-10-13-19/h6-7,15-16H,8-14H2,1-5H3,(H,20,23)/b7-6+/t16?,19-/m0/s1. The summed E-state index contributed by atoms with van der Waals surface area (Å²) in [4.78, 5) is 26.5. The Morgan fingerprint density at radius 3 is 2.48 bits per heavy atom. The van der Waals surface area contributed by atoms with E-state index < -0.39 is 0 Å². The molecule has 1 rings (SSSR count). The SMILES string of the molecule is CC(C)C(C)N(C)C(=O)CCNC(=O)[C@@]1(C)CC/C=C/CCC1. The first-order valence-electron chi connectivity index (χ1n) is 8.97. The van der Waals surface area contributed by atoms with Gasteiger partial charge in [-0.2, -0.15) is 0 Å². The molecule has 0 heterocycles. The van der Waals surface area contributed by atoms with Gasteiger partial charge in [0, 0.05) is 31.5 Å². The Morgan fingerprint density at radius 1 is 1.17 bits per heavy atom. The van der Waals surface area contributed by atoms with Crippen molar-refractivity contribution in [2.24, 2.45) is 11.3 Å². The summed E-state index contributed by atoms with van der Waals surface area (Å²) in [5.74, 6) is 0.623. The van der Waals surface area contributed by atoms with E-state index in [9.17, 15) is 9.59 Å². The minimum Gasteiger partial charge on any atom is -0.355 e. The molecule has 0 aliphatic heterocycles. The number of rotatable bonds is 6. The molecule has 0 aromatic heterocycles. The minimum absolute atomic E-state index is 0.0947. The highest BCUT2D eigenvalue weighted by molar-refractivity contribution is 5.83. The van der Waals surface area contributed by atoms with E-state index in [0.717, 1.165) is 32.1 Å². The molecule has 2 amide bonds. The van der Waals surface area contributed by atoms with Crippen molar-refractivity contribution >= 4 is 11.8 Å². The molecule has 0 aromatic carbocycles. The van der Waals surface area contributed by atoms with E-state index in [2.05, 4.69) is 45.2 Å². The lowest BCUT2D eigenvalue weighted by molar-refractivity contribution is -0.133. The number of carbonyl (C=O) groups excluding carboxylic acids is 2. The van der Waals surface area contributed by atoms with Gasteiger partial charge in [-0.1, -0.05) is 32.9 Å². The first kappa shape index (κ1) is 19.7. The average molecular weight is 322 g/mol. The number of allylic oxidation sites excluding steroid dienone is 2. The molecule has 0 radical (unpaired) electrons. The lowest BCUT2D eigenvalue weighted by atomic mass is 9.78. The molecule has 0 fully saturated rings. The van der Waals surface area contributed by atoms with E-state index in [-0.39, 0.29) is 23.3 Å². The lowest BCUT2D eigenvalue weighted by Crippen LogP contribution is -2.42. The van der Waals surface area contributed by atoms with Gasteiger partial charge in [0.15, 0.2) is 0 Å². The van der Waals surface area contributed by atoms with Gasteiger partial charge in [0.25, 0.3) is 0 Å². The topological polar surface area (TPSA) is 49.4 Å². The fourth-order valence-corrected chi connectivity index (χ4v) is 2.95. The second kappa shape index (κ2) is 9.09.